The third-order valence-electron chi connectivity index (χ3n) is 4.70. The summed E-state index contributed by atoms with van der Waals surface area (Å²) in [6.45, 7) is 0. The Hall–Kier alpha value is -3.94. The van der Waals surface area contributed by atoms with Crippen LogP contribution >= 0.6 is 0 Å². The molecule has 0 aliphatic heterocycles. The van der Waals surface area contributed by atoms with E-state index >= 15 is 0 Å². The summed E-state index contributed by atoms with van der Waals surface area (Å²) in [6.07, 6.45) is -3.33. The first-order chi connectivity index (χ1) is 14.8. The number of hydrogen-bond acceptors (Lipinski definition) is 3. The molecule has 4 rings (SSSR count). The Balaban J connectivity index is 1.96. The molecule has 0 fully saturated rings. The molecule has 4 nitrogen and oxygen atoms in total. The Morgan fingerprint density at radius 2 is 1.58 bits per heavy atom. The number of aromatic nitrogens is 1. The molecule has 3 aromatic carbocycles. The highest BCUT2D eigenvalue weighted by Crippen LogP contribution is 2.32. The minimum atomic E-state index is -4.61. The molecule has 0 aliphatic carbocycles. The van der Waals surface area contributed by atoms with Gasteiger partial charge in [0, 0.05) is 17.0 Å². The number of alkyl halides is 3. The molecule has 8 heteroatoms. The Bertz CT molecular complexity index is 1360. The van der Waals surface area contributed by atoms with Crippen LogP contribution in [0.1, 0.15) is 11.1 Å². The number of halogens is 4. The van der Waals surface area contributed by atoms with Gasteiger partial charge in [0.05, 0.1) is 22.5 Å². The molecule has 1 N–H and O–H groups in total. The normalized spacial score (nSPS) is 12.0. The van der Waals surface area contributed by atoms with Gasteiger partial charge >= 0.3 is 6.18 Å². The van der Waals surface area contributed by atoms with Crippen molar-refractivity contribution in [3.05, 3.63) is 100 Å². The van der Waals surface area contributed by atoms with Gasteiger partial charge in [-0.2, -0.15) is 13.2 Å². The van der Waals surface area contributed by atoms with Crippen LogP contribution in [0.25, 0.3) is 16.5 Å². The number of benzene rings is 3. The average molecular weight is 426 g/mol. The molecular formula is C23H14F4N2O2. The fourth-order valence-electron chi connectivity index (χ4n) is 3.22. The first-order valence-corrected chi connectivity index (χ1v) is 9.10. The van der Waals surface area contributed by atoms with Crippen molar-refractivity contribution in [3.8, 4) is 11.6 Å². The molecule has 0 bridgehead atoms. The summed E-state index contributed by atoms with van der Waals surface area (Å²) in [4.78, 5) is 17.2. The highest BCUT2D eigenvalue weighted by Gasteiger charge is 2.31. The second kappa shape index (κ2) is 7.71. The maximum Gasteiger partial charge on any atom is 0.416 e. The highest BCUT2D eigenvalue weighted by molar-refractivity contribution is 6.02. The number of aromatic hydroxyl groups is 1. The van der Waals surface area contributed by atoms with Crippen molar-refractivity contribution in [1.29, 1.82) is 0 Å². The third kappa shape index (κ3) is 3.92. The third-order valence-corrected chi connectivity index (χ3v) is 4.70. The molecule has 0 aliphatic rings. The van der Waals surface area contributed by atoms with Crippen LogP contribution in [-0.4, -0.2) is 15.9 Å². The molecule has 1 aromatic heterocycles. The molecule has 0 spiro atoms. The Labute approximate surface area is 173 Å². The van der Waals surface area contributed by atoms with E-state index in [0.29, 0.717) is 11.1 Å². The number of fused-ring (bicyclic) bond motifs is 1. The van der Waals surface area contributed by atoms with Gasteiger partial charge in [-0.05, 0) is 48.5 Å². The summed E-state index contributed by atoms with van der Waals surface area (Å²) >= 11 is 0. The Kier molecular flexibility index (Phi) is 5.06. The second-order valence-corrected chi connectivity index (χ2v) is 6.71. The van der Waals surface area contributed by atoms with Gasteiger partial charge in [0.15, 0.2) is 0 Å². The largest absolute Gasteiger partial charge is 0.494 e. The van der Waals surface area contributed by atoms with Crippen LogP contribution in [0.15, 0.2) is 82.6 Å². The predicted molar refractivity (Wildman–Crippen MR) is 110 cm³/mol. The molecule has 0 unspecified atom stereocenters. The van der Waals surface area contributed by atoms with Gasteiger partial charge in [-0.1, -0.05) is 24.3 Å². The minimum Gasteiger partial charge on any atom is -0.494 e. The van der Waals surface area contributed by atoms with Crippen molar-refractivity contribution in [2.75, 3.05) is 0 Å². The summed E-state index contributed by atoms with van der Waals surface area (Å²) in [5.74, 6) is -1.00. The smallest absolute Gasteiger partial charge is 0.416 e. The number of rotatable bonds is 3. The first-order valence-electron chi connectivity index (χ1n) is 9.10. The maximum atomic E-state index is 13.2. The number of hydrogen-bond donors (Lipinski definition) is 1. The zero-order valence-corrected chi connectivity index (χ0v) is 15.8. The number of pyridine rings is 1. The quantitative estimate of drug-likeness (QED) is 0.342. The molecular weight excluding hydrogens is 412 g/mol. The van der Waals surface area contributed by atoms with Gasteiger partial charge in [-0.25, -0.2) is 8.96 Å². The molecule has 1 heterocycles. The fraction of sp³-hybridized carbons (Fsp3) is 0.0435. The van der Waals surface area contributed by atoms with Crippen molar-refractivity contribution in [1.82, 2.24) is 4.57 Å². The molecule has 0 amide bonds. The summed E-state index contributed by atoms with van der Waals surface area (Å²) in [5.41, 5.74) is -1.24. The molecule has 0 saturated carbocycles. The van der Waals surface area contributed by atoms with E-state index in [1.807, 2.05) is 0 Å². The van der Waals surface area contributed by atoms with E-state index in [0.717, 1.165) is 22.8 Å². The van der Waals surface area contributed by atoms with Crippen LogP contribution < -0.4 is 5.56 Å². The molecule has 4 aromatic rings. The molecule has 0 radical (unpaired) electrons. The monoisotopic (exact) mass is 426 g/mol. The number of nitrogens with zero attached hydrogens (tertiary/aromatic N) is 2. The molecule has 0 atom stereocenters. The summed E-state index contributed by atoms with van der Waals surface area (Å²) in [6, 6.07) is 15.8. The maximum absolute atomic E-state index is 13.2. The van der Waals surface area contributed by atoms with Gasteiger partial charge in [-0.15, -0.1) is 0 Å². The van der Waals surface area contributed by atoms with Crippen LogP contribution in [0.4, 0.5) is 23.2 Å². The predicted octanol–water partition coefficient (Wildman–Crippen LogP) is 5.60. The van der Waals surface area contributed by atoms with Gasteiger partial charge in [0.2, 0.25) is 5.88 Å². The summed E-state index contributed by atoms with van der Waals surface area (Å²) < 4.78 is 53.4. The van der Waals surface area contributed by atoms with E-state index in [9.17, 15) is 27.5 Å². The standard InChI is InChI=1S/C23H14F4N2O2/c24-15-8-10-16(11-9-15)28-13-20-18-6-1-2-7-19(18)21(30)29(22(20)31)17-5-3-4-14(12-17)23(25,26)27/h1-13,31H. The van der Waals surface area contributed by atoms with E-state index in [2.05, 4.69) is 4.99 Å². The van der Waals surface area contributed by atoms with E-state index < -0.39 is 29.0 Å². The van der Waals surface area contributed by atoms with E-state index in [1.165, 1.54) is 42.6 Å². The fourth-order valence-corrected chi connectivity index (χ4v) is 3.22. The van der Waals surface area contributed by atoms with Gasteiger partial charge < -0.3 is 5.11 Å². The van der Waals surface area contributed by atoms with Gasteiger partial charge in [0.25, 0.3) is 5.56 Å². The zero-order chi connectivity index (χ0) is 22.2. The Morgan fingerprint density at radius 3 is 2.26 bits per heavy atom. The van der Waals surface area contributed by atoms with Crippen LogP contribution in [0.2, 0.25) is 0 Å². The van der Waals surface area contributed by atoms with Crippen molar-refractivity contribution < 1.29 is 22.7 Å². The lowest BCUT2D eigenvalue weighted by Gasteiger charge is -2.15. The lowest BCUT2D eigenvalue weighted by Crippen LogP contribution is -2.20. The van der Waals surface area contributed by atoms with Gasteiger partial charge in [-0.3, -0.25) is 9.79 Å². The van der Waals surface area contributed by atoms with Crippen LogP contribution in [0.3, 0.4) is 0 Å². The Morgan fingerprint density at radius 1 is 0.903 bits per heavy atom. The minimum absolute atomic E-state index is 0.136. The van der Waals surface area contributed by atoms with E-state index in [1.54, 1.807) is 18.2 Å². The van der Waals surface area contributed by atoms with Crippen LogP contribution in [-0.2, 0) is 6.18 Å². The van der Waals surface area contributed by atoms with Crippen LogP contribution in [0, 0.1) is 5.82 Å². The summed E-state index contributed by atoms with van der Waals surface area (Å²) in [5, 5.41) is 11.4. The SMILES string of the molecule is O=c1c2ccccc2c(C=Nc2ccc(F)cc2)c(O)n1-c1cccc(C(F)(F)F)c1. The molecule has 31 heavy (non-hydrogen) atoms. The van der Waals surface area contributed by atoms with Crippen molar-refractivity contribution in [2.45, 2.75) is 6.18 Å². The lowest BCUT2D eigenvalue weighted by molar-refractivity contribution is -0.137. The average Bonchev–Trinajstić information content (AvgIpc) is 2.75. The molecule has 0 saturated heterocycles. The highest BCUT2D eigenvalue weighted by atomic mass is 19.4. The second-order valence-electron chi connectivity index (χ2n) is 6.71. The topological polar surface area (TPSA) is 54.6 Å². The number of aliphatic imine (C=N–C) groups is 1. The van der Waals surface area contributed by atoms with Gasteiger partial charge in [0.1, 0.15) is 5.82 Å². The van der Waals surface area contributed by atoms with E-state index in [4.69, 9.17) is 0 Å². The van der Waals surface area contributed by atoms with E-state index in [-0.39, 0.29) is 16.6 Å². The lowest BCUT2D eigenvalue weighted by atomic mass is 10.1. The first kappa shape index (κ1) is 20.3. The van der Waals surface area contributed by atoms with Crippen molar-refractivity contribution in [3.63, 3.8) is 0 Å². The van der Waals surface area contributed by atoms with Crippen molar-refractivity contribution in [2.24, 2.45) is 4.99 Å². The zero-order valence-electron chi connectivity index (χ0n) is 15.8. The van der Waals surface area contributed by atoms with Crippen LogP contribution in [0.5, 0.6) is 5.88 Å². The van der Waals surface area contributed by atoms with Crippen molar-refractivity contribution >= 4 is 22.7 Å². The summed E-state index contributed by atoms with van der Waals surface area (Å²) in [7, 11) is 0. The molecule has 156 valence electrons.